The summed E-state index contributed by atoms with van der Waals surface area (Å²) in [4.78, 5) is 6.20. The minimum absolute atomic E-state index is 0. The molecule has 2 N–H and O–H groups in total. The van der Waals surface area contributed by atoms with Crippen molar-refractivity contribution in [1.82, 2.24) is 4.90 Å². The lowest BCUT2D eigenvalue weighted by molar-refractivity contribution is 0.603. The van der Waals surface area contributed by atoms with E-state index >= 15 is 0 Å². The molecule has 0 radical (unpaired) electrons. The standard InChI is InChI=1S/C9H19N3S.HI/c1-12(2)9(10)11-7-8-5-3-4-6-13-8;/h8H,3-7H2,1-2H3,(H2,10,11);1H. The Morgan fingerprint density at radius 3 is 2.71 bits per heavy atom. The minimum atomic E-state index is 0. The van der Waals surface area contributed by atoms with Gasteiger partial charge in [-0.25, -0.2) is 0 Å². The molecule has 0 aliphatic carbocycles. The van der Waals surface area contributed by atoms with Gasteiger partial charge in [-0.2, -0.15) is 11.8 Å². The number of thioether (sulfide) groups is 1. The van der Waals surface area contributed by atoms with Gasteiger partial charge in [0.05, 0.1) is 6.54 Å². The summed E-state index contributed by atoms with van der Waals surface area (Å²) in [5, 5.41) is 0.701. The van der Waals surface area contributed by atoms with Crippen LogP contribution in [0.4, 0.5) is 0 Å². The van der Waals surface area contributed by atoms with Crippen molar-refractivity contribution in [2.75, 3.05) is 26.4 Å². The lowest BCUT2D eigenvalue weighted by atomic mass is 10.2. The zero-order valence-electron chi connectivity index (χ0n) is 8.90. The van der Waals surface area contributed by atoms with Crippen LogP contribution >= 0.6 is 35.7 Å². The number of halogens is 1. The van der Waals surface area contributed by atoms with Gasteiger partial charge < -0.3 is 10.6 Å². The van der Waals surface area contributed by atoms with Crippen LogP contribution in [0.15, 0.2) is 4.99 Å². The quantitative estimate of drug-likeness (QED) is 0.477. The summed E-state index contributed by atoms with van der Waals surface area (Å²) < 4.78 is 0. The maximum atomic E-state index is 5.70. The predicted molar refractivity (Wildman–Crippen MR) is 75.7 cm³/mol. The first kappa shape index (κ1) is 14.3. The predicted octanol–water partition coefficient (Wildman–Crippen LogP) is 1.77. The molecule has 1 aliphatic heterocycles. The number of hydrogen-bond acceptors (Lipinski definition) is 2. The average molecular weight is 329 g/mol. The second kappa shape index (κ2) is 7.62. The molecule has 0 bridgehead atoms. The second-order valence-electron chi connectivity index (χ2n) is 3.58. The van der Waals surface area contributed by atoms with Crippen molar-refractivity contribution in [2.24, 2.45) is 10.7 Å². The monoisotopic (exact) mass is 329 g/mol. The Bertz CT molecular complexity index is 179. The molecule has 0 amide bonds. The fraction of sp³-hybridized carbons (Fsp3) is 0.889. The molecule has 0 aromatic rings. The molecule has 1 rings (SSSR count). The van der Waals surface area contributed by atoms with Gasteiger partial charge in [-0.3, -0.25) is 4.99 Å². The Balaban J connectivity index is 0.00000169. The molecule has 5 heteroatoms. The van der Waals surface area contributed by atoms with E-state index < -0.39 is 0 Å². The van der Waals surface area contributed by atoms with E-state index in [1.54, 1.807) is 0 Å². The van der Waals surface area contributed by atoms with E-state index in [-0.39, 0.29) is 24.0 Å². The summed E-state index contributed by atoms with van der Waals surface area (Å²) in [6, 6.07) is 0. The molecular weight excluding hydrogens is 309 g/mol. The molecule has 0 spiro atoms. The highest BCUT2D eigenvalue weighted by Crippen LogP contribution is 2.24. The van der Waals surface area contributed by atoms with Gasteiger partial charge in [0, 0.05) is 19.3 Å². The van der Waals surface area contributed by atoms with E-state index in [0.29, 0.717) is 11.2 Å². The molecule has 0 aromatic heterocycles. The van der Waals surface area contributed by atoms with Crippen LogP contribution in [0.25, 0.3) is 0 Å². The van der Waals surface area contributed by atoms with E-state index in [0.717, 1.165) is 6.54 Å². The van der Waals surface area contributed by atoms with Gasteiger partial charge in [0.1, 0.15) is 0 Å². The third kappa shape index (κ3) is 5.29. The molecule has 84 valence electrons. The molecule has 0 saturated carbocycles. The smallest absolute Gasteiger partial charge is 0.190 e. The third-order valence-electron chi connectivity index (χ3n) is 2.19. The van der Waals surface area contributed by atoms with Gasteiger partial charge >= 0.3 is 0 Å². The van der Waals surface area contributed by atoms with E-state index in [9.17, 15) is 0 Å². The number of guanidine groups is 1. The molecule has 3 nitrogen and oxygen atoms in total. The van der Waals surface area contributed by atoms with Crippen LogP contribution in [0.3, 0.4) is 0 Å². The highest BCUT2D eigenvalue weighted by atomic mass is 127. The van der Waals surface area contributed by atoms with Crippen molar-refractivity contribution in [3.05, 3.63) is 0 Å². The lowest BCUT2D eigenvalue weighted by Gasteiger charge is -2.20. The summed E-state index contributed by atoms with van der Waals surface area (Å²) in [6.45, 7) is 0.884. The van der Waals surface area contributed by atoms with Gasteiger partial charge in [0.15, 0.2) is 5.96 Å². The van der Waals surface area contributed by atoms with Crippen molar-refractivity contribution >= 4 is 41.7 Å². The Labute approximate surface area is 108 Å². The molecule has 1 saturated heterocycles. The van der Waals surface area contributed by atoms with Crippen LogP contribution in [0.1, 0.15) is 19.3 Å². The molecule has 1 aliphatic rings. The Hall–Kier alpha value is 0.350. The summed E-state index contributed by atoms with van der Waals surface area (Å²) in [7, 11) is 3.85. The lowest BCUT2D eigenvalue weighted by Crippen LogP contribution is -2.31. The number of rotatable bonds is 2. The minimum Gasteiger partial charge on any atom is -0.370 e. The summed E-state index contributed by atoms with van der Waals surface area (Å²) in [5.74, 6) is 1.94. The fourth-order valence-electron chi connectivity index (χ4n) is 1.29. The molecule has 1 heterocycles. The van der Waals surface area contributed by atoms with Crippen LogP contribution < -0.4 is 5.73 Å². The number of nitrogens with zero attached hydrogens (tertiary/aromatic N) is 2. The first-order chi connectivity index (χ1) is 6.20. The number of hydrogen-bond donors (Lipinski definition) is 1. The van der Waals surface area contributed by atoms with Gasteiger partial charge in [-0.15, -0.1) is 24.0 Å². The van der Waals surface area contributed by atoms with Crippen molar-refractivity contribution in [3.63, 3.8) is 0 Å². The number of aliphatic imine (C=N–C) groups is 1. The maximum absolute atomic E-state index is 5.70. The average Bonchev–Trinajstić information content (AvgIpc) is 2.15. The van der Waals surface area contributed by atoms with E-state index in [1.807, 2.05) is 30.8 Å². The first-order valence-corrected chi connectivity index (χ1v) is 5.84. The Morgan fingerprint density at radius 1 is 1.50 bits per heavy atom. The van der Waals surface area contributed by atoms with Crippen molar-refractivity contribution in [1.29, 1.82) is 0 Å². The largest absolute Gasteiger partial charge is 0.370 e. The maximum Gasteiger partial charge on any atom is 0.190 e. The van der Waals surface area contributed by atoms with Gasteiger partial charge in [-0.05, 0) is 18.6 Å². The van der Waals surface area contributed by atoms with Crippen LogP contribution in [-0.4, -0.2) is 42.5 Å². The van der Waals surface area contributed by atoms with Crippen LogP contribution in [0.5, 0.6) is 0 Å². The highest BCUT2D eigenvalue weighted by Gasteiger charge is 2.13. The molecular formula is C9H20IN3S. The second-order valence-corrected chi connectivity index (χ2v) is 4.99. The van der Waals surface area contributed by atoms with Crippen LogP contribution in [0.2, 0.25) is 0 Å². The van der Waals surface area contributed by atoms with E-state index in [1.165, 1.54) is 25.0 Å². The molecule has 1 atom stereocenters. The van der Waals surface area contributed by atoms with Gasteiger partial charge in [0.2, 0.25) is 0 Å². The molecule has 1 unspecified atom stereocenters. The molecule has 0 aromatic carbocycles. The zero-order chi connectivity index (χ0) is 9.68. The summed E-state index contributed by atoms with van der Waals surface area (Å²) in [5.41, 5.74) is 5.70. The fourth-order valence-corrected chi connectivity index (χ4v) is 2.51. The number of nitrogens with two attached hydrogens (primary N) is 1. The van der Waals surface area contributed by atoms with Gasteiger partial charge in [0.25, 0.3) is 0 Å². The molecule has 14 heavy (non-hydrogen) atoms. The van der Waals surface area contributed by atoms with Crippen molar-refractivity contribution in [3.8, 4) is 0 Å². The first-order valence-electron chi connectivity index (χ1n) is 4.79. The van der Waals surface area contributed by atoms with E-state index in [2.05, 4.69) is 4.99 Å². The normalized spacial score (nSPS) is 22.7. The SMILES string of the molecule is CN(C)C(N)=NCC1CCCCS1.I. The summed E-state index contributed by atoms with van der Waals surface area (Å²) in [6.07, 6.45) is 4.03. The van der Waals surface area contributed by atoms with Gasteiger partial charge in [-0.1, -0.05) is 6.42 Å². The zero-order valence-corrected chi connectivity index (χ0v) is 12.0. The Kier molecular flexibility index (Phi) is 7.81. The summed E-state index contributed by atoms with van der Waals surface area (Å²) >= 11 is 2.04. The topological polar surface area (TPSA) is 41.6 Å². The highest BCUT2D eigenvalue weighted by molar-refractivity contribution is 14.0. The van der Waals surface area contributed by atoms with E-state index in [4.69, 9.17) is 5.73 Å². The van der Waals surface area contributed by atoms with Crippen molar-refractivity contribution in [2.45, 2.75) is 24.5 Å². The molecule has 1 fully saturated rings. The van der Waals surface area contributed by atoms with Crippen molar-refractivity contribution < 1.29 is 0 Å². The van der Waals surface area contributed by atoms with Crippen LogP contribution in [-0.2, 0) is 0 Å². The van der Waals surface area contributed by atoms with Crippen LogP contribution in [0, 0.1) is 0 Å². The Morgan fingerprint density at radius 2 is 2.21 bits per heavy atom. The third-order valence-corrected chi connectivity index (χ3v) is 3.57.